The van der Waals surface area contributed by atoms with Crippen LogP contribution in [0.5, 0.6) is 0 Å². The molecule has 0 saturated carbocycles. The Morgan fingerprint density at radius 2 is 2.33 bits per heavy atom. The van der Waals surface area contributed by atoms with Crippen LogP contribution in [-0.2, 0) is 4.79 Å². The van der Waals surface area contributed by atoms with Crippen molar-refractivity contribution in [3.05, 3.63) is 0 Å². The van der Waals surface area contributed by atoms with Gasteiger partial charge in [-0.05, 0) is 20.4 Å². The first-order valence-corrected chi connectivity index (χ1v) is 4.25. The van der Waals surface area contributed by atoms with E-state index in [0.717, 1.165) is 0 Å². The summed E-state index contributed by atoms with van der Waals surface area (Å²) >= 11 is 0. The monoisotopic (exact) mass is 174 g/mol. The van der Waals surface area contributed by atoms with E-state index in [0.29, 0.717) is 6.54 Å². The quantitative estimate of drug-likeness (QED) is 0.628. The third-order valence-electron chi connectivity index (χ3n) is 1.93. The molecule has 0 aliphatic carbocycles. The van der Waals surface area contributed by atoms with Crippen molar-refractivity contribution in [3.8, 4) is 0 Å². The van der Waals surface area contributed by atoms with Gasteiger partial charge in [0.15, 0.2) is 0 Å². The molecule has 1 fully saturated rings. The van der Waals surface area contributed by atoms with Gasteiger partial charge in [-0.15, -0.1) is 0 Å². The molecule has 4 heteroatoms. The van der Waals surface area contributed by atoms with Gasteiger partial charge in [0, 0.05) is 19.0 Å². The Hall–Kier alpha value is -0.640. The SMILES string of the molecule is CC(C)NC(=O)[C@]1(F)CCNC1. The second-order valence-electron chi connectivity index (χ2n) is 3.52. The highest BCUT2D eigenvalue weighted by Gasteiger charge is 2.41. The van der Waals surface area contributed by atoms with Gasteiger partial charge in [-0.3, -0.25) is 4.79 Å². The number of alkyl halides is 1. The zero-order chi connectivity index (χ0) is 9.19. The van der Waals surface area contributed by atoms with Gasteiger partial charge >= 0.3 is 0 Å². The summed E-state index contributed by atoms with van der Waals surface area (Å²) in [5, 5.41) is 5.40. The van der Waals surface area contributed by atoms with Crippen molar-refractivity contribution in [2.24, 2.45) is 0 Å². The summed E-state index contributed by atoms with van der Waals surface area (Å²) in [6.07, 6.45) is 0.283. The van der Waals surface area contributed by atoms with Gasteiger partial charge in [-0.25, -0.2) is 4.39 Å². The van der Waals surface area contributed by atoms with Crippen LogP contribution in [0.15, 0.2) is 0 Å². The summed E-state index contributed by atoms with van der Waals surface area (Å²) in [7, 11) is 0. The molecule has 1 amide bonds. The van der Waals surface area contributed by atoms with Gasteiger partial charge in [0.05, 0.1) is 0 Å². The summed E-state index contributed by atoms with van der Waals surface area (Å²) in [5.74, 6) is -0.484. The molecule has 3 nitrogen and oxygen atoms in total. The molecule has 12 heavy (non-hydrogen) atoms. The molecule has 1 saturated heterocycles. The summed E-state index contributed by atoms with van der Waals surface area (Å²) in [6.45, 7) is 4.38. The fourth-order valence-corrected chi connectivity index (χ4v) is 1.25. The molecule has 0 aromatic carbocycles. The lowest BCUT2D eigenvalue weighted by Gasteiger charge is -2.19. The molecule has 1 atom stereocenters. The summed E-state index contributed by atoms with van der Waals surface area (Å²) in [6, 6.07) is 0.00530. The molecule has 0 unspecified atom stereocenters. The van der Waals surface area contributed by atoms with E-state index in [1.54, 1.807) is 0 Å². The lowest BCUT2D eigenvalue weighted by Crippen LogP contribution is -2.47. The van der Waals surface area contributed by atoms with Crippen molar-refractivity contribution in [2.75, 3.05) is 13.1 Å². The molecule has 2 N–H and O–H groups in total. The fourth-order valence-electron chi connectivity index (χ4n) is 1.25. The maximum atomic E-state index is 13.6. The standard InChI is InChI=1S/C8H15FN2O/c1-6(2)11-7(12)8(9)3-4-10-5-8/h6,10H,3-5H2,1-2H3,(H,11,12)/t8-/m0/s1. The smallest absolute Gasteiger partial charge is 0.259 e. The van der Waals surface area contributed by atoms with E-state index in [2.05, 4.69) is 10.6 Å². The molecular formula is C8H15FN2O. The van der Waals surface area contributed by atoms with Crippen LogP contribution in [0.25, 0.3) is 0 Å². The first kappa shape index (κ1) is 9.45. The number of nitrogens with one attached hydrogen (secondary N) is 2. The minimum Gasteiger partial charge on any atom is -0.351 e. The first-order chi connectivity index (χ1) is 5.54. The molecule has 0 aromatic rings. The van der Waals surface area contributed by atoms with Gasteiger partial charge < -0.3 is 10.6 Å². The zero-order valence-electron chi connectivity index (χ0n) is 7.48. The van der Waals surface area contributed by atoms with Crippen molar-refractivity contribution in [1.29, 1.82) is 0 Å². The van der Waals surface area contributed by atoms with E-state index < -0.39 is 11.6 Å². The molecule has 1 heterocycles. The van der Waals surface area contributed by atoms with Gasteiger partial charge in [0.1, 0.15) is 0 Å². The summed E-state index contributed by atoms with van der Waals surface area (Å²) in [5.41, 5.74) is -1.68. The topological polar surface area (TPSA) is 41.1 Å². The fraction of sp³-hybridized carbons (Fsp3) is 0.875. The Bertz CT molecular complexity index is 176. The Morgan fingerprint density at radius 1 is 1.67 bits per heavy atom. The third-order valence-corrected chi connectivity index (χ3v) is 1.93. The lowest BCUT2D eigenvalue weighted by atomic mass is 10.0. The average molecular weight is 174 g/mol. The van der Waals surface area contributed by atoms with Crippen molar-refractivity contribution in [3.63, 3.8) is 0 Å². The Balaban J connectivity index is 2.50. The number of carbonyl (C=O) groups is 1. The van der Waals surface area contributed by atoms with E-state index in [4.69, 9.17) is 0 Å². The highest BCUT2D eigenvalue weighted by atomic mass is 19.1. The number of halogens is 1. The van der Waals surface area contributed by atoms with E-state index in [1.165, 1.54) is 0 Å². The lowest BCUT2D eigenvalue weighted by molar-refractivity contribution is -0.132. The van der Waals surface area contributed by atoms with Crippen LogP contribution < -0.4 is 10.6 Å². The second kappa shape index (κ2) is 3.39. The predicted octanol–water partition coefficient (Wildman–Crippen LogP) is 0.213. The van der Waals surface area contributed by atoms with Gasteiger partial charge in [0.2, 0.25) is 5.67 Å². The van der Waals surface area contributed by atoms with Crippen LogP contribution in [0.2, 0.25) is 0 Å². The van der Waals surface area contributed by atoms with Crippen molar-refractivity contribution in [2.45, 2.75) is 32.0 Å². The van der Waals surface area contributed by atoms with E-state index in [9.17, 15) is 9.18 Å². The largest absolute Gasteiger partial charge is 0.351 e. The average Bonchev–Trinajstić information content (AvgIpc) is 2.36. The van der Waals surface area contributed by atoms with Crippen molar-refractivity contribution >= 4 is 5.91 Å². The van der Waals surface area contributed by atoms with Crippen LogP contribution in [0.3, 0.4) is 0 Å². The Kier molecular flexibility index (Phi) is 2.67. The number of hydrogen-bond donors (Lipinski definition) is 2. The molecule has 1 aliphatic rings. The highest BCUT2D eigenvalue weighted by molar-refractivity contribution is 5.85. The van der Waals surface area contributed by atoms with E-state index in [1.807, 2.05) is 13.8 Å². The minimum atomic E-state index is -1.68. The normalized spacial score (nSPS) is 29.3. The van der Waals surface area contributed by atoms with Gasteiger partial charge in [-0.2, -0.15) is 0 Å². The van der Waals surface area contributed by atoms with Gasteiger partial charge in [-0.1, -0.05) is 0 Å². The number of hydrogen-bond acceptors (Lipinski definition) is 2. The molecule has 0 bridgehead atoms. The van der Waals surface area contributed by atoms with Crippen LogP contribution >= 0.6 is 0 Å². The number of amides is 1. The molecule has 0 radical (unpaired) electrons. The zero-order valence-corrected chi connectivity index (χ0v) is 7.48. The van der Waals surface area contributed by atoms with Gasteiger partial charge in [0.25, 0.3) is 5.91 Å². The summed E-state index contributed by atoms with van der Waals surface area (Å²) in [4.78, 5) is 11.3. The minimum absolute atomic E-state index is 0.00530. The Labute approximate surface area is 71.7 Å². The molecular weight excluding hydrogens is 159 g/mol. The molecule has 0 aromatic heterocycles. The second-order valence-corrected chi connectivity index (χ2v) is 3.52. The van der Waals surface area contributed by atoms with Crippen LogP contribution in [0.4, 0.5) is 4.39 Å². The first-order valence-electron chi connectivity index (χ1n) is 4.25. The molecule has 1 aliphatic heterocycles. The predicted molar refractivity (Wildman–Crippen MR) is 44.6 cm³/mol. The summed E-state index contributed by atoms with van der Waals surface area (Å²) < 4.78 is 13.6. The highest BCUT2D eigenvalue weighted by Crippen LogP contribution is 2.19. The van der Waals surface area contributed by atoms with Crippen LogP contribution in [0.1, 0.15) is 20.3 Å². The number of carbonyl (C=O) groups excluding carboxylic acids is 1. The Morgan fingerprint density at radius 3 is 2.75 bits per heavy atom. The van der Waals surface area contributed by atoms with Crippen LogP contribution in [0, 0.1) is 0 Å². The number of rotatable bonds is 2. The van der Waals surface area contributed by atoms with E-state index in [-0.39, 0.29) is 19.0 Å². The maximum absolute atomic E-state index is 13.6. The molecule has 0 spiro atoms. The van der Waals surface area contributed by atoms with Crippen molar-refractivity contribution in [1.82, 2.24) is 10.6 Å². The molecule has 1 rings (SSSR count). The van der Waals surface area contributed by atoms with E-state index >= 15 is 0 Å². The van der Waals surface area contributed by atoms with Crippen molar-refractivity contribution < 1.29 is 9.18 Å². The molecule has 70 valence electrons. The van der Waals surface area contributed by atoms with Crippen LogP contribution in [-0.4, -0.2) is 30.7 Å². The third kappa shape index (κ3) is 1.94. The maximum Gasteiger partial charge on any atom is 0.259 e.